The Labute approximate surface area is 173 Å². The monoisotopic (exact) mass is 407 g/mol. The summed E-state index contributed by atoms with van der Waals surface area (Å²) in [4.78, 5) is 29.2. The molecular formula is C21H22FN7O. The number of piperazine rings is 1. The molecule has 30 heavy (non-hydrogen) atoms. The van der Waals surface area contributed by atoms with E-state index in [0.29, 0.717) is 37.7 Å². The summed E-state index contributed by atoms with van der Waals surface area (Å²) in [6.45, 7) is 4.34. The fourth-order valence-corrected chi connectivity index (χ4v) is 3.23. The van der Waals surface area contributed by atoms with E-state index in [1.807, 2.05) is 25.1 Å². The van der Waals surface area contributed by atoms with E-state index in [9.17, 15) is 9.18 Å². The molecule has 2 amide bonds. The van der Waals surface area contributed by atoms with Gasteiger partial charge in [0.15, 0.2) is 0 Å². The summed E-state index contributed by atoms with van der Waals surface area (Å²) in [5.74, 6) is 1.78. The molecule has 2 aromatic heterocycles. The van der Waals surface area contributed by atoms with Gasteiger partial charge >= 0.3 is 6.03 Å². The SMILES string of the molecule is Cc1ccnc(Nc2cc(N3CCN(C(=O)Nc4cccc(F)c4)CC3)ncn2)c1. The number of hydrogen-bond donors (Lipinski definition) is 2. The first-order valence-corrected chi connectivity index (χ1v) is 9.65. The van der Waals surface area contributed by atoms with Gasteiger partial charge in [-0.3, -0.25) is 0 Å². The zero-order valence-electron chi connectivity index (χ0n) is 16.5. The number of urea groups is 1. The normalized spacial score (nSPS) is 13.8. The van der Waals surface area contributed by atoms with Crippen LogP contribution in [0.15, 0.2) is 55.0 Å². The number of hydrogen-bond acceptors (Lipinski definition) is 6. The molecule has 0 bridgehead atoms. The van der Waals surface area contributed by atoms with E-state index in [0.717, 1.165) is 17.2 Å². The molecule has 4 rings (SSSR count). The van der Waals surface area contributed by atoms with Crippen LogP contribution in [-0.2, 0) is 0 Å². The molecule has 1 aliphatic rings. The molecule has 8 nitrogen and oxygen atoms in total. The van der Waals surface area contributed by atoms with Gasteiger partial charge in [0.2, 0.25) is 0 Å². The van der Waals surface area contributed by atoms with Gasteiger partial charge in [-0.05, 0) is 42.8 Å². The number of benzene rings is 1. The van der Waals surface area contributed by atoms with E-state index < -0.39 is 0 Å². The lowest BCUT2D eigenvalue weighted by molar-refractivity contribution is 0.208. The Morgan fingerprint density at radius 2 is 1.80 bits per heavy atom. The van der Waals surface area contributed by atoms with Crippen molar-refractivity contribution in [2.45, 2.75) is 6.92 Å². The first-order valence-electron chi connectivity index (χ1n) is 9.65. The van der Waals surface area contributed by atoms with Crippen LogP contribution in [0.5, 0.6) is 0 Å². The number of aryl methyl sites for hydroxylation is 1. The van der Waals surface area contributed by atoms with Crippen molar-refractivity contribution in [3.8, 4) is 0 Å². The van der Waals surface area contributed by atoms with Gasteiger partial charge in [0.05, 0.1) is 0 Å². The number of pyridine rings is 1. The summed E-state index contributed by atoms with van der Waals surface area (Å²) in [6.07, 6.45) is 3.25. The fraction of sp³-hybridized carbons (Fsp3) is 0.238. The van der Waals surface area contributed by atoms with Gasteiger partial charge in [0, 0.05) is 44.1 Å². The number of aromatic nitrogens is 3. The Bertz CT molecular complexity index is 1040. The summed E-state index contributed by atoms with van der Waals surface area (Å²) >= 11 is 0. The summed E-state index contributed by atoms with van der Waals surface area (Å²) in [5.41, 5.74) is 1.55. The first kappa shape index (κ1) is 19.6. The van der Waals surface area contributed by atoms with Gasteiger partial charge in [-0.25, -0.2) is 24.1 Å². The van der Waals surface area contributed by atoms with Crippen molar-refractivity contribution < 1.29 is 9.18 Å². The first-order chi connectivity index (χ1) is 14.6. The van der Waals surface area contributed by atoms with Crippen LogP contribution in [0, 0.1) is 12.7 Å². The van der Waals surface area contributed by atoms with E-state index in [2.05, 4.69) is 30.5 Å². The van der Waals surface area contributed by atoms with Crippen molar-refractivity contribution in [3.05, 3.63) is 66.4 Å². The quantitative estimate of drug-likeness (QED) is 0.689. The predicted molar refractivity (Wildman–Crippen MR) is 113 cm³/mol. The second-order valence-electron chi connectivity index (χ2n) is 7.02. The molecule has 154 valence electrons. The van der Waals surface area contributed by atoms with Crippen molar-refractivity contribution in [2.75, 3.05) is 41.7 Å². The van der Waals surface area contributed by atoms with Gasteiger partial charge in [-0.2, -0.15) is 0 Å². The van der Waals surface area contributed by atoms with Crippen molar-refractivity contribution in [3.63, 3.8) is 0 Å². The molecule has 3 heterocycles. The molecule has 2 N–H and O–H groups in total. The van der Waals surface area contributed by atoms with Crippen LogP contribution in [0.3, 0.4) is 0 Å². The highest BCUT2D eigenvalue weighted by Crippen LogP contribution is 2.19. The largest absolute Gasteiger partial charge is 0.353 e. The molecule has 9 heteroatoms. The number of nitrogens with one attached hydrogen (secondary N) is 2. The average Bonchev–Trinajstić information content (AvgIpc) is 2.74. The Morgan fingerprint density at radius 3 is 2.57 bits per heavy atom. The third-order valence-corrected chi connectivity index (χ3v) is 4.79. The van der Waals surface area contributed by atoms with Crippen LogP contribution in [-0.4, -0.2) is 52.1 Å². The predicted octanol–water partition coefficient (Wildman–Crippen LogP) is 3.42. The molecule has 1 fully saturated rings. The Hall–Kier alpha value is -3.75. The summed E-state index contributed by atoms with van der Waals surface area (Å²) in [7, 11) is 0. The highest BCUT2D eigenvalue weighted by Gasteiger charge is 2.22. The third kappa shape index (κ3) is 4.80. The van der Waals surface area contributed by atoms with Gasteiger partial charge in [0.1, 0.15) is 29.6 Å². The molecular weight excluding hydrogens is 385 g/mol. The summed E-state index contributed by atoms with van der Waals surface area (Å²) < 4.78 is 13.3. The van der Waals surface area contributed by atoms with Crippen LogP contribution in [0.1, 0.15) is 5.56 Å². The zero-order valence-corrected chi connectivity index (χ0v) is 16.5. The van der Waals surface area contributed by atoms with Gasteiger partial charge < -0.3 is 20.4 Å². The molecule has 0 saturated carbocycles. The molecule has 3 aromatic rings. The van der Waals surface area contributed by atoms with Crippen LogP contribution in [0.25, 0.3) is 0 Å². The number of amides is 2. The van der Waals surface area contributed by atoms with E-state index in [-0.39, 0.29) is 11.8 Å². The number of carbonyl (C=O) groups excluding carboxylic acids is 1. The Balaban J connectivity index is 1.35. The van der Waals surface area contributed by atoms with E-state index >= 15 is 0 Å². The van der Waals surface area contributed by atoms with Crippen molar-refractivity contribution >= 4 is 29.2 Å². The van der Waals surface area contributed by atoms with Crippen LogP contribution >= 0.6 is 0 Å². The number of halogens is 1. The maximum atomic E-state index is 13.3. The van der Waals surface area contributed by atoms with Crippen LogP contribution in [0.4, 0.5) is 32.3 Å². The minimum Gasteiger partial charge on any atom is -0.353 e. The minimum absolute atomic E-state index is 0.240. The highest BCUT2D eigenvalue weighted by atomic mass is 19.1. The standard InChI is InChI=1S/C21H22FN7O/c1-15-5-6-23-18(11-15)27-19-13-20(25-14-24-19)28-7-9-29(10-8-28)21(30)26-17-4-2-3-16(22)12-17/h2-6,11-14H,7-10H2,1H3,(H,26,30)(H,23,24,25,27). The fourth-order valence-electron chi connectivity index (χ4n) is 3.23. The lowest BCUT2D eigenvalue weighted by atomic mass is 10.3. The second kappa shape index (κ2) is 8.73. The van der Waals surface area contributed by atoms with Gasteiger partial charge in [-0.15, -0.1) is 0 Å². The lowest BCUT2D eigenvalue weighted by Crippen LogP contribution is -2.50. The summed E-state index contributed by atoms with van der Waals surface area (Å²) in [5, 5.41) is 5.92. The van der Waals surface area contributed by atoms with Crippen LogP contribution in [0.2, 0.25) is 0 Å². The highest BCUT2D eigenvalue weighted by molar-refractivity contribution is 5.89. The van der Waals surface area contributed by atoms with E-state index in [1.165, 1.54) is 18.5 Å². The van der Waals surface area contributed by atoms with Gasteiger partial charge in [-0.1, -0.05) is 6.07 Å². The number of rotatable bonds is 4. The maximum Gasteiger partial charge on any atom is 0.321 e. The zero-order chi connectivity index (χ0) is 20.9. The van der Waals surface area contributed by atoms with E-state index in [1.54, 1.807) is 23.2 Å². The summed E-state index contributed by atoms with van der Waals surface area (Å²) in [6, 6.07) is 11.4. The molecule has 0 aliphatic carbocycles. The van der Waals surface area contributed by atoms with Crippen molar-refractivity contribution in [2.24, 2.45) is 0 Å². The second-order valence-corrected chi connectivity index (χ2v) is 7.02. The molecule has 0 radical (unpaired) electrons. The van der Waals surface area contributed by atoms with Crippen molar-refractivity contribution in [1.82, 2.24) is 19.9 Å². The maximum absolute atomic E-state index is 13.3. The van der Waals surface area contributed by atoms with Crippen molar-refractivity contribution in [1.29, 1.82) is 0 Å². The third-order valence-electron chi connectivity index (χ3n) is 4.79. The number of anilines is 4. The topological polar surface area (TPSA) is 86.3 Å². The average molecular weight is 407 g/mol. The Kier molecular flexibility index (Phi) is 5.69. The molecule has 0 unspecified atom stereocenters. The molecule has 1 aromatic carbocycles. The number of nitrogens with zero attached hydrogens (tertiary/aromatic N) is 5. The minimum atomic E-state index is -0.383. The van der Waals surface area contributed by atoms with E-state index in [4.69, 9.17) is 0 Å². The molecule has 0 spiro atoms. The molecule has 0 atom stereocenters. The lowest BCUT2D eigenvalue weighted by Gasteiger charge is -2.35. The van der Waals surface area contributed by atoms with Gasteiger partial charge in [0.25, 0.3) is 0 Å². The Morgan fingerprint density at radius 1 is 1.00 bits per heavy atom. The number of carbonyl (C=O) groups is 1. The molecule has 1 saturated heterocycles. The smallest absolute Gasteiger partial charge is 0.321 e. The van der Waals surface area contributed by atoms with Crippen LogP contribution < -0.4 is 15.5 Å². The molecule has 1 aliphatic heterocycles.